The fourth-order valence-corrected chi connectivity index (χ4v) is 4.37. The third-order valence-corrected chi connectivity index (χ3v) is 6.33. The van der Waals surface area contributed by atoms with Gasteiger partial charge in [-0.05, 0) is 12.1 Å². The van der Waals surface area contributed by atoms with E-state index in [1.54, 1.807) is 30.7 Å². The number of carbonyl (C=O) groups is 2. The van der Waals surface area contributed by atoms with Gasteiger partial charge in [0.15, 0.2) is 22.3 Å². The zero-order valence-electron chi connectivity index (χ0n) is 23.4. The number of thiazole rings is 1. The maximum Gasteiger partial charge on any atom is 0.280 e. The summed E-state index contributed by atoms with van der Waals surface area (Å²) >= 11 is 1.18. The van der Waals surface area contributed by atoms with Crippen LogP contribution in [0.1, 0.15) is 20.3 Å². The van der Waals surface area contributed by atoms with Crippen LogP contribution in [-0.4, -0.2) is 100 Å². The number of ether oxygens (including phenoxy) is 3. The number of amides is 2. The van der Waals surface area contributed by atoms with Gasteiger partial charge in [0.05, 0.1) is 73.8 Å². The highest BCUT2D eigenvalue weighted by atomic mass is 32.1. The Balaban J connectivity index is 1.68. The Morgan fingerprint density at radius 3 is 2.44 bits per heavy atom. The van der Waals surface area contributed by atoms with E-state index in [-0.39, 0.29) is 28.1 Å². The maximum atomic E-state index is 13.0. The molecule has 0 aliphatic carbocycles. The molecule has 1 aromatic carbocycles. The summed E-state index contributed by atoms with van der Waals surface area (Å²) in [6.07, 6.45) is 2.86. The Morgan fingerprint density at radius 2 is 1.77 bits per heavy atom. The van der Waals surface area contributed by atoms with Crippen molar-refractivity contribution in [2.24, 2.45) is 0 Å². The Bertz CT molecular complexity index is 1590. The molecule has 0 spiro atoms. The van der Waals surface area contributed by atoms with Crippen LogP contribution in [0.15, 0.2) is 42.0 Å². The van der Waals surface area contributed by atoms with Gasteiger partial charge in [-0.3, -0.25) is 9.59 Å². The molecular weight excluding hydrogens is 571 g/mol. The second kappa shape index (κ2) is 14.0. The smallest absolute Gasteiger partial charge is 0.280 e. The number of benzene rings is 1. The van der Waals surface area contributed by atoms with Crippen LogP contribution in [0, 0.1) is 0 Å². The van der Waals surface area contributed by atoms with Crippen molar-refractivity contribution in [1.82, 2.24) is 35.8 Å². The number of methoxy groups -OCH3 is 3. The summed E-state index contributed by atoms with van der Waals surface area (Å²) in [4.78, 5) is 38.2. The van der Waals surface area contributed by atoms with Crippen LogP contribution in [-0.2, 0) is 4.74 Å². The third kappa shape index (κ3) is 8.20. The molecule has 4 rings (SSSR count). The number of hydrogen-bond donors (Lipinski definition) is 4. The van der Waals surface area contributed by atoms with Crippen LogP contribution >= 0.6 is 11.3 Å². The zero-order chi connectivity index (χ0) is 31.0. The van der Waals surface area contributed by atoms with Gasteiger partial charge in [-0.2, -0.15) is 0 Å². The first-order valence-electron chi connectivity index (χ1n) is 12.5. The molecule has 6 radical (unpaired) electrons. The molecule has 43 heavy (non-hydrogen) atoms. The Kier molecular flexibility index (Phi) is 10.2. The molecule has 0 bridgehead atoms. The minimum atomic E-state index is -2.01. The molecule has 0 aliphatic heterocycles. The van der Waals surface area contributed by atoms with Gasteiger partial charge in [0.25, 0.3) is 11.8 Å². The number of para-hydroxylation sites is 1. The summed E-state index contributed by atoms with van der Waals surface area (Å²) in [5.41, 5.74) is 1.55. The predicted octanol–water partition coefficient (Wildman–Crippen LogP) is 1.12. The lowest BCUT2D eigenvalue weighted by Crippen LogP contribution is -2.50. The van der Waals surface area contributed by atoms with E-state index in [1.165, 1.54) is 44.0 Å². The number of hydrogen-bond acceptors (Lipinski definition) is 13. The first-order valence-corrected chi connectivity index (χ1v) is 13.4. The van der Waals surface area contributed by atoms with Crippen molar-refractivity contribution in [2.75, 3.05) is 45.1 Å². The SMILES string of the molecule is [B]C([B])([B])NC(=O)c1nnc(Nc2cnc(OC)cn2)cc1Nc1cccc(-c2csc(C(=O)NCCOC)n2)c1OC. The van der Waals surface area contributed by atoms with Gasteiger partial charge in [0.1, 0.15) is 5.82 Å². The summed E-state index contributed by atoms with van der Waals surface area (Å²) in [6, 6.07) is 6.76. The average Bonchev–Trinajstić information content (AvgIpc) is 3.47. The van der Waals surface area contributed by atoms with Gasteiger partial charge in [0.2, 0.25) is 5.88 Å². The molecule has 3 aromatic heterocycles. The van der Waals surface area contributed by atoms with Crippen molar-refractivity contribution in [3.8, 4) is 22.9 Å². The summed E-state index contributed by atoms with van der Waals surface area (Å²) < 4.78 is 15.7. The molecule has 0 aliphatic rings. The lowest BCUT2D eigenvalue weighted by atomic mass is 9.49. The highest BCUT2D eigenvalue weighted by Crippen LogP contribution is 2.38. The number of rotatable bonds is 13. The average molecular weight is 595 g/mol. The summed E-state index contributed by atoms with van der Waals surface area (Å²) in [5.74, 6) is 0.147. The van der Waals surface area contributed by atoms with E-state index < -0.39 is 11.1 Å². The van der Waals surface area contributed by atoms with E-state index in [2.05, 4.69) is 46.4 Å². The number of anilines is 4. The number of nitrogens with one attached hydrogen (secondary N) is 4. The molecular formula is C25H24B3N9O5S. The molecule has 0 fully saturated rings. The van der Waals surface area contributed by atoms with Crippen molar-refractivity contribution < 1.29 is 23.8 Å². The van der Waals surface area contributed by atoms with Gasteiger partial charge in [-0.1, -0.05) is 11.3 Å². The second-order valence-electron chi connectivity index (χ2n) is 8.75. The van der Waals surface area contributed by atoms with Crippen LogP contribution in [0.4, 0.5) is 23.0 Å². The molecule has 18 heteroatoms. The van der Waals surface area contributed by atoms with Gasteiger partial charge in [-0.25, -0.2) is 15.0 Å². The molecule has 3 heterocycles. The third-order valence-electron chi connectivity index (χ3n) is 5.49. The van der Waals surface area contributed by atoms with Gasteiger partial charge >= 0.3 is 0 Å². The van der Waals surface area contributed by atoms with Crippen LogP contribution in [0.3, 0.4) is 0 Å². The summed E-state index contributed by atoms with van der Waals surface area (Å²) in [7, 11) is 21.2. The van der Waals surface area contributed by atoms with E-state index in [4.69, 9.17) is 37.7 Å². The Hall–Kier alpha value is -4.70. The fraction of sp³-hybridized carbons (Fsp3) is 0.240. The van der Waals surface area contributed by atoms with Gasteiger partial charge in [0, 0.05) is 30.7 Å². The fourth-order valence-electron chi connectivity index (χ4n) is 3.64. The molecule has 0 saturated carbocycles. The standard InChI is InChI=1S/C25H24B3N9O5S/c1-40-8-7-29-23(39)24-33-16(12-43-24)13-5-4-6-14(21(13)42-3)32-15-9-17(34-18-10-31-19(41-2)11-30-18)36-37-20(15)22(38)35-25(26,27)28/h4-6,9-12H,7-8H2,1-3H3,(H,29,39)(H,35,38)(H2,30,32,34,36). The van der Waals surface area contributed by atoms with Crippen molar-refractivity contribution in [3.63, 3.8) is 0 Å². The molecule has 0 atom stereocenters. The summed E-state index contributed by atoms with van der Waals surface area (Å²) in [5, 5.41) is 19.2. The molecule has 0 saturated heterocycles. The van der Waals surface area contributed by atoms with E-state index in [0.717, 1.165) is 0 Å². The van der Waals surface area contributed by atoms with E-state index in [0.29, 0.717) is 47.5 Å². The molecule has 2 amide bonds. The highest BCUT2D eigenvalue weighted by molar-refractivity contribution is 7.12. The van der Waals surface area contributed by atoms with Gasteiger partial charge in [-0.15, -0.1) is 21.5 Å². The topological polar surface area (TPSA) is 174 Å². The lowest BCUT2D eigenvalue weighted by Gasteiger charge is -2.23. The number of carbonyl (C=O) groups excluding carboxylic acids is 2. The first kappa shape index (κ1) is 31.2. The van der Waals surface area contributed by atoms with Crippen molar-refractivity contribution in [3.05, 3.63) is 52.7 Å². The Morgan fingerprint density at radius 1 is 0.953 bits per heavy atom. The largest absolute Gasteiger partial charge is 0.494 e. The Labute approximate surface area is 255 Å². The van der Waals surface area contributed by atoms with E-state index in [9.17, 15) is 9.59 Å². The van der Waals surface area contributed by atoms with E-state index in [1.807, 2.05) is 0 Å². The minimum absolute atomic E-state index is 0.173. The van der Waals surface area contributed by atoms with Crippen molar-refractivity contribution in [1.29, 1.82) is 0 Å². The minimum Gasteiger partial charge on any atom is -0.494 e. The molecule has 4 aromatic rings. The monoisotopic (exact) mass is 595 g/mol. The molecule has 4 N–H and O–H groups in total. The van der Waals surface area contributed by atoms with Crippen LogP contribution < -0.4 is 30.7 Å². The summed E-state index contributed by atoms with van der Waals surface area (Å²) in [6.45, 7) is 0.729. The zero-order valence-corrected chi connectivity index (χ0v) is 24.2. The normalized spacial score (nSPS) is 11.0. The molecule has 214 valence electrons. The van der Waals surface area contributed by atoms with Crippen LogP contribution in [0.2, 0.25) is 0 Å². The quantitative estimate of drug-likeness (QED) is 0.128. The molecule has 14 nitrogen and oxygen atoms in total. The van der Waals surface area contributed by atoms with Gasteiger partial charge < -0.3 is 35.5 Å². The molecule has 0 unspecified atom stereocenters. The number of nitrogens with zero attached hydrogens (tertiary/aromatic N) is 5. The second-order valence-corrected chi connectivity index (χ2v) is 9.60. The highest BCUT2D eigenvalue weighted by Gasteiger charge is 2.22. The van der Waals surface area contributed by atoms with Crippen LogP contribution in [0.5, 0.6) is 11.6 Å². The maximum absolute atomic E-state index is 13.0. The number of aromatic nitrogens is 5. The first-order chi connectivity index (χ1) is 20.6. The lowest BCUT2D eigenvalue weighted by molar-refractivity contribution is 0.0932. The predicted molar refractivity (Wildman–Crippen MR) is 163 cm³/mol. The van der Waals surface area contributed by atoms with Crippen molar-refractivity contribution in [2.45, 2.75) is 5.24 Å². The van der Waals surface area contributed by atoms with Crippen LogP contribution in [0.25, 0.3) is 11.3 Å². The van der Waals surface area contributed by atoms with Crippen molar-refractivity contribution >= 4 is 69.7 Å². The van der Waals surface area contributed by atoms with E-state index >= 15 is 0 Å².